The Morgan fingerprint density at radius 1 is 1.47 bits per heavy atom. The van der Waals surface area contributed by atoms with Crippen molar-refractivity contribution in [3.63, 3.8) is 0 Å². The van der Waals surface area contributed by atoms with E-state index in [1.165, 1.54) is 6.42 Å². The van der Waals surface area contributed by atoms with Crippen LogP contribution in [-0.2, 0) is 7.05 Å². The van der Waals surface area contributed by atoms with Gasteiger partial charge in [-0.15, -0.1) is 0 Å². The van der Waals surface area contributed by atoms with Crippen molar-refractivity contribution < 1.29 is 9.21 Å². The summed E-state index contributed by atoms with van der Waals surface area (Å²) < 4.78 is 8.11. The van der Waals surface area contributed by atoms with Gasteiger partial charge < -0.3 is 13.9 Å². The minimum Gasteiger partial charge on any atom is -0.448 e. The molecule has 0 spiro atoms. The third kappa shape index (κ3) is 2.20. The molecule has 3 rings (SSSR count). The van der Waals surface area contributed by atoms with Gasteiger partial charge in [0.1, 0.15) is 5.69 Å². The second-order valence-corrected chi connectivity index (χ2v) is 6.17. The van der Waals surface area contributed by atoms with Crippen LogP contribution in [0.4, 0.5) is 0 Å². The van der Waals surface area contributed by atoms with Crippen molar-refractivity contribution in [2.45, 2.75) is 19.8 Å². The average Bonchev–Trinajstić information content (AvgIpc) is 2.87. The van der Waals surface area contributed by atoms with E-state index in [1.54, 1.807) is 0 Å². The topological polar surface area (TPSA) is 38.4 Å². The smallest absolute Gasteiger partial charge is 0.270 e. The van der Waals surface area contributed by atoms with Gasteiger partial charge >= 0.3 is 0 Å². The normalized spacial score (nSPS) is 20.2. The van der Waals surface area contributed by atoms with Gasteiger partial charge in [0.05, 0.1) is 5.52 Å². The van der Waals surface area contributed by atoms with E-state index in [-0.39, 0.29) is 5.91 Å². The highest BCUT2D eigenvalue weighted by atomic mass is 79.9. The van der Waals surface area contributed by atoms with Gasteiger partial charge in [0.15, 0.2) is 10.3 Å². The Kier molecular flexibility index (Phi) is 3.17. The first kappa shape index (κ1) is 12.8. The number of hydrogen-bond acceptors (Lipinski definition) is 2. The molecule has 2 aromatic heterocycles. The van der Waals surface area contributed by atoms with Crippen LogP contribution in [0.5, 0.6) is 0 Å². The van der Waals surface area contributed by atoms with Crippen molar-refractivity contribution in [1.29, 1.82) is 0 Å². The standard InChI is InChI=1S/C14H17BrN2O2/c1-9-4-3-5-17(8-9)14(18)11-6-12-10(16(11)2)7-13(15)19-12/h6-7,9H,3-5,8H2,1-2H3. The van der Waals surface area contributed by atoms with Crippen LogP contribution in [0.2, 0.25) is 0 Å². The van der Waals surface area contributed by atoms with Gasteiger partial charge in [-0.05, 0) is 34.7 Å². The number of aryl methyl sites for hydroxylation is 1. The lowest BCUT2D eigenvalue weighted by molar-refractivity contribution is 0.0674. The zero-order valence-electron chi connectivity index (χ0n) is 11.1. The fourth-order valence-corrected chi connectivity index (χ4v) is 3.21. The molecular formula is C14H17BrN2O2. The molecule has 0 aromatic carbocycles. The van der Waals surface area contributed by atoms with Crippen molar-refractivity contribution in [2.75, 3.05) is 13.1 Å². The molecule has 1 unspecified atom stereocenters. The average molecular weight is 325 g/mol. The Morgan fingerprint density at radius 2 is 2.26 bits per heavy atom. The highest BCUT2D eigenvalue weighted by Gasteiger charge is 2.25. The number of furan rings is 1. The number of aromatic nitrogens is 1. The molecule has 1 saturated heterocycles. The maximum absolute atomic E-state index is 12.6. The number of piperidine rings is 1. The quantitative estimate of drug-likeness (QED) is 0.806. The van der Waals surface area contributed by atoms with Crippen molar-refractivity contribution >= 4 is 32.9 Å². The molecule has 19 heavy (non-hydrogen) atoms. The molecule has 3 heterocycles. The lowest BCUT2D eigenvalue weighted by Gasteiger charge is -2.30. The number of carbonyl (C=O) groups is 1. The number of likely N-dealkylation sites (tertiary alicyclic amines) is 1. The summed E-state index contributed by atoms with van der Waals surface area (Å²) in [6.45, 7) is 3.92. The number of amides is 1. The van der Waals surface area contributed by atoms with Crippen LogP contribution in [-0.4, -0.2) is 28.5 Å². The Morgan fingerprint density at radius 3 is 2.95 bits per heavy atom. The third-order valence-corrected chi connectivity index (χ3v) is 4.25. The molecule has 2 aromatic rings. The first-order valence-corrected chi connectivity index (χ1v) is 7.39. The number of fused-ring (bicyclic) bond motifs is 1. The lowest BCUT2D eigenvalue weighted by atomic mass is 10.00. The summed E-state index contributed by atoms with van der Waals surface area (Å²) in [7, 11) is 1.91. The van der Waals surface area contributed by atoms with Crippen molar-refractivity contribution in [1.82, 2.24) is 9.47 Å². The molecule has 0 N–H and O–H groups in total. The molecular weight excluding hydrogens is 308 g/mol. The van der Waals surface area contributed by atoms with Gasteiger partial charge in [0.25, 0.3) is 5.91 Å². The van der Waals surface area contributed by atoms with Crippen LogP contribution in [0.15, 0.2) is 21.2 Å². The van der Waals surface area contributed by atoms with Crippen LogP contribution < -0.4 is 0 Å². The predicted octanol–water partition coefficient (Wildman–Crippen LogP) is 3.41. The summed E-state index contributed by atoms with van der Waals surface area (Å²) in [5.41, 5.74) is 2.40. The zero-order chi connectivity index (χ0) is 13.6. The Hall–Kier alpha value is -1.23. The predicted molar refractivity (Wildman–Crippen MR) is 77.2 cm³/mol. The summed E-state index contributed by atoms with van der Waals surface area (Å²) in [6, 6.07) is 3.73. The second kappa shape index (κ2) is 4.71. The minimum absolute atomic E-state index is 0.108. The summed E-state index contributed by atoms with van der Waals surface area (Å²) in [5, 5.41) is 0. The summed E-state index contributed by atoms with van der Waals surface area (Å²) in [5.74, 6) is 0.701. The van der Waals surface area contributed by atoms with Crippen LogP contribution in [0, 0.1) is 5.92 Å². The van der Waals surface area contributed by atoms with Gasteiger partial charge in [-0.3, -0.25) is 4.79 Å². The van der Waals surface area contributed by atoms with Crippen molar-refractivity contribution in [3.05, 3.63) is 22.5 Å². The zero-order valence-corrected chi connectivity index (χ0v) is 12.7. The molecule has 4 nitrogen and oxygen atoms in total. The first-order chi connectivity index (χ1) is 9.06. The fraction of sp³-hybridized carbons (Fsp3) is 0.500. The highest BCUT2D eigenvalue weighted by Crippen LogP contribution is 2.27. The van der Waals surface area contributed by atoms with E-state index in [2.05, 4.69) is 22.9 Å². The molecule has 1 aliphatic heterocycles. The van der Waals surface area contributed by atoms with Crippen LogP contribution in [0.25, 0.3) is 11.1 Å². The molecule has 5 heteroatoms. The molecule has 1 amide bonds. The fourth-order valence-electron chi connectivity index (χ4n) is 2.82. The van der Waals surface area contributed by atoms with E-state index < -0.39 is 0 Å². The maximum Gasteiger partial charge on any atom is 0.270 e. The number of halogens is 1. The summed E-state index contributed by atoms with van der Waals surface area (Å²) in [4.78, 5) is 14.5. The number of hydrogen-bond donors (Lipinski definition) is 0. The number of nitrogens with zero attached hydrogens (tertiary/aromatic N) is 2. The SMILES string of the molecule is CC1CCCN(C(=O)c2cc3oc(Br)cc3n2C)C1. The van der Waals surface area contributed by atoms with E-state index in [9.17, 15) is 4.79 Å². The highest BCUT2D eigenvalue weighted by molar-refractivity contribution is 9.10. The Labute approximate surface area is 120 Å². The van der Waals surface area contributed by atoms with E-state index in [0.717, 1.165) is 30.6 Å². The molecule has 1 atom stereocenters. The molecule has 0 bridgehead atoms. The molecule has 0 aliphatic carbocycles. The molecule has 1 fully saturated rings. The van der Waals surface area contributed by atoms with E-state index in [0.29, 0.717) is 16.3 Å². The third-order valence-electron chi connectivity index (χ3n) is 3.86. The van der Waals surface area contributed by atoms with Gasteiger partial charge in [0, 0.05) is 32.3 Å². The van der Waals surface area contributed by atoms with Crippen LogP contribution in [0.1, 0.15) is 30.3 Å². The molecule has 0 saturated carbocycles. The van der Waals surface area contributed by atoms with E-state index in [1.807, 2.05) is 28.6 Å². The largest absolute Gasteiger partial charge is 0.448 e. The second-order valence-electron chi connectivity index (χ2n) is 5.39. The first-order valence-electron chi connectivity index (χ1n) is 6.60. The van der Waals surface area contributed by atoms with E-state index >= 15 is 0 Å². The minimum atomic E-state index is 0.108. The van der Waals surface area contributed by atoms with E-state index in [4.69, 9.17) is 4.42 Å². The maximum atomic E-state index is 12.6. The Bertz CT molecular complexity index is 629. The van der Waals surface area contributed by atoms with Crippen molar-refractivity contribution in [2.24, 2.45) is 13.0 Å². The van der Waals surface area contributed by atoms with Crippen molar-refractivity contribution in [3.8, 4) is 0 Å². The lowest BCUT2D eigenvalue weighted by Crippen LogP contribution is -2.39. The molecule has 102 valence electrons. The number of rotatable bonds is 1. The summed E-state index contributed by atoms with van der Waals surface area (Å²) in [6.07, 6.45) is 2.31. The van der Waals surface area contributed by atoms with Gasteiger partial charge in [0.2, 0.25) is 0 Å². The van der Waals surface area contributed by atoms with Gasteiger partial charge in [-0.1, -0.05) is 6.92 Å². The van der Waals surface area contributed by atoms with Crippen LogP contribution >= 0.6 is 15.9 Å². The molecule has 1 aliphatic rings. The monoisotopic (exact) mass is 324 g/mol. The summed E-state index contributed by atoms with van der Waals surface area (Å²) >= 11 is 3.31. The number of carbonyl (C=O) groups excluding carboxylic acids is 1. The van der Waals surface area contributed by atoms with Gasteiger partial charge in [-0.25, -0.2) is 0 Å². The van der Waals surface area contributed by atoms with Crippen LogP contribution in [0.3, 0.4) is 0 Å². The Balaban J connectivity index is 1.92. The molecule has 0 radical (unpaired) electrons. The van der Waals surface area contributed by atoms with Gasteiger partial charge in [-0.2, -0.15) is 0 Å².